The molecule has 1 aromatic carbocycles. The summed E-state index contributed by atoms with van der Waals surface area (Å²) >= 11 is 0. The van der Waals surface area contributed by atoms with Crippen LogP contribution in [0, 0.1) is 5.92 Å². The van der Waals surface area contributed by atoms with Gasteiger partial charge in [0.15, 0.2) is 0 Å². The summed E-state index contributed by atoms with van der Waals surface area (Å²) in [5.41, 5.74) is 6.75. The zero-order valence-electron chi connectivity index (χ0n) is 12.2. The minimum Gasteiger partial charge on any atom is -0.337 e. The lowest BCUT2D eigenvalue weighted by Crippen LogP contribution is -2.41. The Bertz CT molecular complexity index is 378. The van der Waals surface area contributed by atoms with Crippen LogP contribution in [0.25, 0.3) is 0 Å². The van der Waals surface area contributed by atoms with Gasteiger partial charge in [-0.3, -0.25) is 4.79 Å². The highest BCUT2D eigenvalue weighted by Crippen LogP contribution is 2.08. The van der Waals surface area contributed by atoms with E-state index in [1.165, 1.54) is 0 Å². The molecule has 0 radical (unpaired) electrons. The summed E-state index contributed by atoms with van der Waals surface area (Å²) < 4.78 is 0. The zero-order chi connectivity index (χ0) is 14.3. The molecule has 4 heteroatoms. The Morgan fingerprint density at radius 3 is 2.37 bits per heavy atom. The number of benzene rings is 1. The summed E-state index contributed by atoms with van der Waals surface area (Å²) in [6.45, 7) is 4.51. The number of nitrogens with two attached hydrogens (primary N) is 1. The Labute approximate surface area is 116 Å². The maximum absolute atomic E-state index is 12.3. The maximum atomic E-state index is 12.3. The van der Waals surface area contributed by atoms with Crippen LogP contribution in [0.2, 0.25) is 0 Å². The van der Waals surface area contributed by atoms with E-state index in [0.717, 1.165) is 18.7 Å². The fraction of sp³-hybridized carbons (Fsp3) is 0.533. The van der Waals surface area contributed by atoms with Gasteiger partial charge in [0.05, 0.1) is 0 Å². The molecule has 0 aromatic heterocycles. The number of likely N-dealkylation sites (N-methyl/N-ethyl adjacent to an activating group) is 1. The third-order valence-electron chi connectivity index (χ3n) is 3.12. The molecule has 0 bridgehead atoms. The number of amides is 1. The van der Waals surface area contributed by atoms with Crippen LogP contribution in [0.4, 0.5) is 0 Å². The third-order valence-corrected chi connectivity index (χ3v) is 3.12. The second kappa shape index (κ2) is 7.92. The van der Waals surface area contributed by atoms with Crippen LogP contribution < -0.4 is 5.73 Å². The molecule has 0 aliphatic heterocycles. The summed E-state index contributed by atoms with van der Waals surface area (Å²) in [5, 5.41) is 0. The van der Waals surface area contributed by atoms with Gasteiger partial charge in [0.25, 0.3) is 0 Å². The average molecular weight is 263 g/mol. The van der Waals surface area contributed by atoms with Gasteiger partial charge in [-0.05, 0) is 19.7 Å². The minimum atomic E-state index is -0.120. The van der Waals surface area contributed by atoms with E-state index in [2.05, 4.69) is 4.90 Å². The number of carbonyl (C=O) groups is 1. The maximum Gasteiger partial charge on any atom is 0.227 e. The highest BCUT2D eigenvalue weighted by Gasteiger charge is 2.19. The summed E-state index contributed by atoms with van der Waals surface area (Å²) in [4.78, 5) is 16.3. The summed E-state index contributed by atoms with van der Waals surface area (Å²) in [5.74, 6) is 0.0130. The van der Waals surface area contributed by atoms with Gasteiger partial charge in [0.1, 0.15) is 0 Å². The van der Waals surface area contributed by atoms with Gasteiger partial charge in [-0.2, -0.15) is 0 Å². The molecule has 1 amide bonds. The normalized spacial score (nSPS) is 12.5. The van der Waals surface area contributed by atoms with Gasteiger partial charge in [0, 0.05) is 32.1 Å². The van der Waals surface area contributed by atoms with Crippen molar-refractivity contribution in [3.05, 3.63) is 35.9 Å². The molecule has 0 heterocycles. The molecule has 0 aliphatic rings. The van der Waals surface area contributed by atoms with Crippen LogP contribution in [0.5, 0.6) is 0 Å². The first-order valence-corrected chi connectivity index (χ1v) is 6.72. The van der Waals surface area contributed by atoms with Crippen molar-refractivity contribution >= 4 is 5.91 Å². The SMILES string of the molecule is CC(CN)C(=O)N(CCN(C)C)Cc1ccccc1. The van der Waals surface area contributed by atoms with Crippen molar-refractivity contribution < 1.29 is 4.79 Å². The van der Waals surface area contributed by atoms with E-state index in [4.69, 9.17) is 5.73 Å². The van der Waals surface area contributed by atoms with E-state index < -0.39 is 0 Å². The quantitative estimate of drug-likeness (QED) is 0.803. The van der Waals surface area contributed by atoms with Crippen LogP contribution in [0.1, 0.15) is 12.5 Å². The second-order valence-electron chi connectivity index (χ2n) is 5.19. The first kappa shape index (κ1) is 15.7. The van der Waals surface area contributed by atoms with Crippen molar-refractivity contribution in [3.8, 4) is 0 Å². The Hall–Kier alpha value is -1.39. The number of rotatable bonds is 7. The van der Waals surface area contributed by atoms with Gasteiger partial charge in [-0.25, -0.2) is 0 Å². The Morgan fingerprint density at radius 1 is 1.21 bits per heavy atom. The fourth-order valence-corrected chi connectivity index (χ4v) is 1.80. The summed E-state index contributed by atoms with van der Waals surface area (Å²) in [7, 11) is 4.02. The number of carbonyl (C=O) groups excluding carboxylic acids is 1. The lowest BCUT2D eigenvalue weighted by molar-refractivity contribution is -0.135. The molecule has 4 nitrogen and oxygen atoms in total. The topological polar surface area (TPSA) is 49.6 Å². The summed E-state index contributed by atoms with van der Waals surface area (Å²) in [6.07, 6.45) is 0. The molecule has 1 atom stereocenters. The molecule has 0 aliphatic carbocycles. The molecule has 0 fully saturated rings. The fourth-order valence-electron chi connectivity index (χ4n) is 1.80. The highest BCUT2D eigenvalue weighted by atomic mass is 16.2. The number of nitrogens with zero attached hydrogens (tertiary/aromatic N) is 2. The molecule has 106 valence electrons. The van der Waals surface area contributed by atoms with E-state index in [1.54, 1.807) is 0 Å². The average Bonchev–Trinajstić information content (AvgIpc) is 2.42. The highest BCUT2D eigenvalue weighted by molar-refractivity contribution is 5.78. The number of hydrogen-bond donors (Lipinski definition) is 1. The van der Waals surface area contributed by atoms with Gasteiger partial charge < -0.3 is 15.5 Å². The lowest BCUT2D eigenvalue weighted by atomic mass is 10.1. The van der Waals surface area contributed by atoms with Crippen LogP contribution in [-0.2, 0) is 11.3 Å². The van der Waals surface area contributed by atoms with Crippen molar-refractivity contribution in [1.82, 2.24) is 9.80 Å². The molecule has 19 heavy (non-hydrogen) atoms. The van der Waals surface area contributed by atoms with Crippen LogP contribution >= 0.6 is 0 Å². The largest absolute Gasteiger partial charge is 0.337 e. The van der Waals surface area contributed by atoms with E-state index in [0.29, 0.717) is 13.1 Å². The summed E-state index contributed by atoms with van der Waals surface area (Å²) in [6, 6.07) is 10.1. The zero-order valence-corrected chi connectivity index (χ0v) is 12.2. The van der Waals surface area contributed by atoms with Crippen LogP contribution in [0.3, 0.4) is 0 Å². The van der Waals surface area contributed by atoms with E-state index >= 15 is 0 Å². The van der Waals surface area contributed by atoms with Crippen molar-refractivity contribution in [2.45, 2.75) is 13.5 Å². The molecule has 1 aromatic rings. The van der Waals surface area contributed by atoms with Crippen molar-refractivity contribution in [2.75, 3.05) is 33.7 Å². The lowest BCUT2D eigenvalue weighted by Gasteiger charge is -2.27. The molecule has 0 saturated heterocycles. The monoisotopic (exact) mass is 263 g/mol. The van der Waals surface area contributed by atoms with Gasteiger partial charge in [-0.15, -0.1) is 0 Å². The molecule has 0 spiro atoms. The predicted octanol–water partition coefficient (Wildman–Crippen LogP) is 1.17. The van der Waals surface area contributed by atoms with Gasteiger partial charge >= 0.3 is 0 Å². The molecular formula is C15H25N3O. The molecular weight excluding hydrogens is 238 g/mol. The Morgan fingerprint density at radius 2 is 1.84 bits per heavy atom. The Balaban J connectivity index is 2.71. The van der Waals surface area contributed by atoms with Crippen LogP contribution in [-0.4, -0.2) is 49.4 Å². The smallest absolute Gasteiger partial charge is 0.227 e. The Kier molecular flexibility index (Phi) is 6.53. The van der Waals surface area contributed by atoms with E-state index in [1.807, 2.05) is 56.3 Å². The third kappa shape index (κ3) is 5.41. The van der Waals surface area contributed by atoms with E-state index in [9.17, 15) is 4.79 Å². The first-order chi connectivity index (χ1) is 9.04. The van der Waals surface area contributed by atoms with Crippen molar-refractivity contribution in [2.24, 2.45) is 11.7 Å². The molecule has 1 unspecified atom stereocenters. The predicted molar refractivity (Wildman–Crippen MR) is 78.6 cm³/mol. The van der Waals surface area contributed by atoms with Gasteiger partial charge in [-0.1, -0.05) is 37.3 Å². The van der Waals surface area contributed by atoms with Crippen molar-refractivity contribution in [3.63, 3.8) is 0 Å². The molecule has 1 rings (SSSR count). The molecule has 2 N–H and O–H groups in total. The molecule has 0 saturated carbocycles. The second-order valence-corrected chi connectivity index (χ2v) is 5.19. The van der Waals surface area contributed by atoms with Crippen molar-refractivity contribution in [1.29, 1.82) is 0 Å². The first-order valence-electron chi connectivity index (χ1n) is 6.72. The number of hydrogen-bond acceptors (Lipinski definition) is 3. The minimum absolute atomic E-state index is 0.120. The van der Waals surface area contributed by atoms with Crippen LogP contribution in [0.15, 0.2) is 30.3 Å². The van der Waals surface area contributed by atoms with Gasteiger partial charge in [0.2, 0.25) is 5.91 Å². The van der Waals surface area contributed by atoms with E-state index in [-0.39, 0.29) is 11.8 Å². The standard InChI is InChI=1S/C15H25N3O/c1-13(11-16)15(19)18(10-9-17(2)3)12-14-7-5-4-6-8-14/h4-8,13H,9-12,16H2,1-3H3.